The molecule has 36 heavy (non-hydrogen) atoms. The molecule has 0 radical (unpaired) electrons. The van der Waals surface area contributed by atoms with Crippen molar-refractivity contribution in [3.63, 3.8) is 0 Å². The monoisotopic (exact) mass is 597 g/mol. The largest absolute Gasteiger partial charge is 1.00 e. The number of halogens is 1. The highest BCUT2D eigenvalue weighted by Crippen LogP contribution is 2.43. The van der Waals surface area contributed by atoms with Crippen molar-refractivity contribution < 1.29 is 52.2 Å². The Labute approximate surface area is 227 Å². The zero-order chi connectivity index (χ0) is 23.8. The summed E-state index contributed by atoms with van der Waals surface area (Å²) in [6, 6.07) is 18.4. The minimum Gasteiger partial charge on any atom is -1.00 e. The first-order chi connectivity index (χ1) is 17.3. The lowest BCUT2D eigenvalue weighted by Crippen LogP contribution is -3.00. The van der Waals surface area contributed by atoms with Gasteiger partial charge in [-0.25, -0.2) is 0 Å². The maximum absolute atomic E-state index is 6.01. The number of para-hydroxylation sites is 1. The summed E-state index contributed by atoms with van der Waals surface area (Å²) in [6.07, 6.45) is 4.87. The van der Waals surface area contributed by atoms with Crippen LogP contribution in [0.3, 0.4) is 0 Å². The molecule has 0 N–H and O–H groups in total. The number of aromatic nitrogens is 1. The summed E-state index contributed by atoms with van der Waals surface area (Å²) >= 11 is 0. The van der Waals surface area contributed by atoms with Crippen molar-refractivity contribution in [2.45, 2.75) is 25.8 Å². The summed E-state index contributed by atoms with van der Waals surface area (Å²) in [5.74, 6) is 4.04. The average Bonchev–Trinajstić information content (AvgIpc) is 3.36. The fourth-order valence-corrected chi connectivity index (χ4v) is 5.22. The quantitative estimate of drug-likeness (QED) is 0.186. The predicted octanol–water partition coefficient (Wildman–Crippen LogP) is 2.11. The minimum atomic E-state index is 0. The first kappa shape index (κ1) is 24.5. The number of methoxy groups -OCH3 is 2. The standard InChI is InChI=1S/C29H28NO5.HI/c1-31-25-11-10-21-22(9-6-14-33-20-7-4-3-5-8-20)28-23-16-27-26(34-18-35-27)15-19(23)12-13-30(28)17-24(21)29(25)32-2;/h3-5,7-8,10-11,15-17H,6,9,12-14,18H2,1-2H3;1H/q+1;/p-1. The Morgan fingerprint density at radius 3 is 2.50 bits per heavy atom. The van der Waals surface area contributed by atoms with Gasteiger partial charge in [0.2, 0.25) is 12.5 Å². The molecule has 0 spiro atoms. The second kappa shape index (κ2) is 10.4. The highest BCUT2D eigenvalue weighted by molar-refractivity contribution is 5.95. The van der Waals surface area contributed by atoms with Crippen LogP contribution in [0.1, 0.15) is 17.5 Å². The molecule has 3 aromatic carbocycles. The normalized spacial score (nSPS) is 12.9. The number of rotatable bonds is 7. The van der Waals surface area contributed by atoms with Crippen molar-refractivity contribution in [2.24, 2.45) is 0 Å². The highest BCUT2D eigenvalue weighted by atomic mass is 127. The van der Waals surface area contributed by atoms with E-state index in [2.05, 4.69) is 29.0 Å². The molecule has 0 saturated carbocycles. The van der Waals surface area contributed by atoms with E-state index in [1.807, 2.05) is 36.4 Å². The van der Waals surface area contributed by atoms with Crippen molar-refractivity contribution in [3.05, 3.63) is 71.9 Å². The first-order valence-electron chi connectivity index (χ1n) is 12.0. The van der Waals surface area contributed by atoms with Crippen LogP contribution in [0, 0.1) is 0 Å². The van der Waals surface area contributed by atoms with E-state index in [0.29, 0.717) is 6.61 Å². The molecule has 7 heteroatoms. The molecule has 0 fully saturated rings. The Morgan fingerprint density at radius 1 is 0.917 bits per heavy atom. The number of hydrogen-bond acceptors (Lipinski definition) is 5. The van der Waals surface area contributed by atoms with Gasteiger partial charge in [-0.05, 0) is 54.8 Å². The zero-order valence-corrected chi connectivity index (χ0v) is 22.5. The lowest BCUT2D eigenvalue weighted by Gasteiger charge is -2.21. The van der Waals surface area contributed by atoms with Gasteiger partial charge in [-0.15, -0.1) is 0 Å². The molecule has 0 aliphatic carbocycles. The van der Waals surface area contributed by atoms with E-state index in [0.717, 1.165) is 59.9 Å². The summed E-state index contributed by atoms with van der Waals surface area (Å²) in [7, 11) is 3.38. The highest BCUT2D eigenvalue weighted by Gasteiger charge is 2.32. The molecule has 6 nitrogen and oxygen atoms in total. The molecule has 2 aliphatic rings. The van der Waals surface area contributed by atoms with Gasteiger partial charge in [0, 0.05) is 17.4 Å². The second-order valence-electron chi connectivity index (χ2n) is 8.79. The van der Waals surface area contributed by atoms with Gasteiger partial charge < -0.3 is 47.7 Å². The molecule has 6 rings (SSSR count). The van der Waals surface area contributed by atoms with Gasteiger partial charge in [0.15, 0.2) is 35.7 Å². The van der Waals surface area contributed by atoms with Crippen LogP contribution in [-0.4, -0.2) is 27.6 Å². The van der Waals surface area contributed by atoms with E-state index in [1.54, 1.807) is 14.2 Å². The van der Waals surface area contributed by atoms with Crippen molar-refractivity contribution in [1.29, 1.82) is 0 Å². The van der Waals surface area contributed by atoms with Gasteiger partial charge in [-0.2, -0.15) is 4.57 Å². The molecule has 3 heterocycles. The van der Waals surface area contributed by atoms with E-state index >= 15 is 0 Å². The molecule has 0 unspecified atom stereocenters. The van der Waals surface area contributed by atoms with Crippen LogP contribution < -0.4 is 52.2 Å². The fraction of sp³-hybridized carbons (Fsp3) is 0.276. The zero-order valence-electron chi connectivity index (χ0n) is 20.4. The van der Waals surface area contributed by atoms with Crippen molar-refractivity contribution in [3.8, 4) is 40.0 Å². The number of aryl methyl sites for hydroxylation is 3. The number of hydrogen-bond donors (Lipinski definition) is 0. The second-order valence-corrected chi connectivity index (χ2v) is 8.79. The van der Waals surface area contributed by atoms with Gasteiger partial charge in [-0.1, -0.05) is 18.2 Å². The first-order valence-corrected chi connectivity index (χ1v) is 12.0. The molecule has 1 aromatic heterocycles. The van der Waals surface area contributed by atoms with E-state index in [-0.39, 0.29) is 30.8 Å². The van der Waals surface area contributed by atoms with E-state index < -0.39 is 0 Å². The Balaban J connectivity index is 0.00000267. The van der Waals surface area contributed by atoms with Crippen molar-refractivity contribution >= 4 is 10.8 Å². The molecular formula is C29H28INO5. The van der Waals surface area contributed by atoms with Crippen LogP contribution in [0.5, 0.6) is 28.7 Å². The van der Waals surface area contributed by atoms with Crippen LogP contribution in [0.2, 0.25) is 0 Å². The third-order valence-electron chi connectivity index (χ3n) is 6.83. The summed E-state index contributed by atoms with van der Waals surface area (Å²) in [5.41, 5.74) is 5.00. The Bertz CT molecular complexity index is 1410. The van der Waals surface area contributed by atoms with Crippen LogP contribution in [0.25, 0.3) is 22.0 Å². The van der Waals surface area contributed by atoms with Crippen LogP contribution in [0.15, 0.2) is 60.8 Å². The maximum Gasteiger partial charge on any atom is 0.231 e. The van der Waals surface area contributed by atoms with Crippen molar-refractivity contribution in [2.75, 3.05) is 27.6 Å². The average molecular weight is 597 g/mol. The Hall–Kier alpha value is -3.20. The number of pyridine rings is 1. The number of nitrogens with zero attached hydrogens (tertiary/aromatic N) is 1. The van der Waals surface area contributed by atoms with Crippen LogP contribution in [-0.2, 0) is 19.4 Å². The van der Waals surface area contributed by atoms with Gasteiger partial charge >= 0.3 is 0 Å². The number of benzene rings is 3. The van der Waals surface area contributed by atoms with Gasteiger partial charge in [0.25, 0.3) is 0 Å². The molecule has 4 aromatic rings. The molecule has 2 aliphatic heterocycles. The van der Waals surface area contributed by atoms with Crippen LogP contribution >= 0.6 is 0 Å². The fourth-order valence-electron chi connectivity index (χ4n) is 5.22. The van der Waals surface area contributed by atoms with Crippen molar-refractivity contribution in [1.82, 2.24) is 0 Å². The smallest absolute Gasteiger partial charge is 0.231 e. The minimum absolute atomic E-state index is 0. The maximum atomic E-state index is 6.01. The van der Waals surface area contributed by atoms with E-state index in [4.69, 9.17) is 23.7 Å². The summed E-state index contributed by atoms with van der Waals surface area (Å²) < 4.78 is 31.2. The molecular weight excluding hydrogens is 569 g/mol. The molecule has 186 valence electrons. The molecule has 0 atom stereocenters. The predicted molar refractivity (Wildman–Crippen MR) is 133 cm³/mol. The Kier molecular flexibility index (Phi) is 7.09. The van der Waals surface area contributed by atoms with Gasteiger partial charge in [0.1, 0.15) is 5.75 Å². The molecule has 0 bridgehead atoms. The summed E-state index contributed by atoms with van der Waals surface area (Å²) in [4.78, 5) is 0. The number of ether oxygens (including phenoxy) is 5. The van der Waals surface area contributed by atoms with Gasteiger partial charge in [-0.3, -0.25) is 0 Å². The third kappa shape index (κ3) is 4.30. The lowest BCUT2D eigenvalue weighted by atomic mass is 9.89. The number of fused-ring (bicyclic) bond motifs is 5. The third-order valence-corrected chi connectivity index (χ3v) is 6.83. The molecule has 0 amide bonds. The van der Waals surface area contributed by atoms with E-state index in [1.165, 1.54) is 27.8 Å². The van der Waals surface area contributed by atoms with E-state index in [9.17, 15) is 0 Å². The lowest BCUT2D eigenvalue weighted by molar-refractivity contribution is -0.686. The molecule has 0 saturated heterocycles. The SMILES string of the molecule is COc1ccc2c(CCCOc3ccccc3)c3[n+](cc2c1OC)CCc1cc2c(cc1-3)OCO2.[I-]. The summed E-state index contributed by atoms with van der Waals surface area (Å²) in [5, 5.41) is 2.22. The topological polar surface area (TPSA) is 50.0 Å². The van der Waals surface area contributed by atoms with Gasteiger partial charge in [0.05, 0.1) is 31.8 Å². The summed E-state index contributed by atoms with van der Waals surface area (Å²) in [6.45, 7) is 1.80. The Morgan fingerprint density at radius 2 is 1.72 bits per heavy atom. The van der Waals surface area contributed by atoms with Crippen LogP contribution in [0.4, 0.5) is 0 Å².